The number of aromatic nitrogens is 1. The molecule has 1 aromatic heterocycles. The molecule has 2 rings (SSSR count). The Hall–Kier alpha value is -0.380. The fourth-order valence-corrected chi connectivity index (χ4v) is 5.66. The van der Waals surface area contributed by atoms with Gasteiger partial charge < -0.3 is 19.8 Å². The van der Waals surface area contributed by atoms with Crippen molar-refractivity contribution >= 4 is 19.2 Å². The summed E-state index contributed by atoms with van der Waals surface area (Å²) in [5.74, 6) is 0. The lowest BCUT2D eigenvalue weighted by atomic mass is 10.0. The molecular weight excluding hydrogens is 501 g/mol. The fraction of sp³-hybridized carbons (Fsp3) is 0.885. The molecule has 0 spiro atoms. The lowest BCUT2D eigenvalue weighted by molar-refractivity contribution is -0.693. The van der Waals surface area contributed by atoms with Gasteiger partial charge in [-0.15, -0.1) is 0 Å². The van der Waals surface area contributed by atoms with E-state index in [1.807, 2.05) is 21.7 Å². The van der Waals surface area contributed by atoms with E-state index in [0.717, 1.165) is 12.8 Å². The third-order valence-corrected chi connectivity index (χ3v) is 8.07. The Labute approximate surface area is 222 Å². The molecular formula is C26H50NO7PS. The van der Waals surface area contributed by atoms with Crippen LogP contribution in [-0.4, -0.2) is 42.6 Å². The summed E-state index contributed by atoms with van der Waals surface area (Å²) in [6, 6.07) is 0. The van der Waals surface area contributed by atoms with Gasteiger partial charge in [0.05, 0.1) is 18.6 Å². The van der Waals surface area contributed by atoms with E-state index in [1.54, 1.807) is 11.3 Å². The Morgan fingerprint density at radius 1 is 0.944 bits per heavy atom. The number of thiazole rings is 1. The Bertz CT molecular complexity index is 665. The minimum atomic E-state index is -4.08. The van der Waals surface area contributed by atoms with Crippen molar-refractivity contribution in [1.82, 2.24) is 0 Å². The van der Waals surface area contributed by atoms with Crippen molar-refractivity contribution < 1.29 is 38.0 Å². The summed E-state index contributed by atoms with van der Waals surface area (Å²) in [4.78, 5) is 9.83. The minimum absolute atomic E-state index is 0. The van der Waals surface area contributed by atoms with Gasteiger partial charge >= 0.3 is 7.82 Å². The smallest absolute Gasteiger partial charge is 0.472 e. The molecule has 8 nitrogen and oxygen atoms in total. The lowest BCUT2D eigenvalue weighted by Crippen LogP contribution is -2.32. The van der Waals surface area contributed by atoms with Crippen LogP contribution in [0.2, 0.25) is 0 Å². The van der Waals surface area contributed by atoms with Crippen LogP contribution >= 0.6 is 19.2 Å². The molecule has 1 aliphatic rings. The van der Waals surface area contributed by atoms with Gasteiger partial charge in [0.25, 0.3) is 0 Å². The fourth-order valence-electron chi connectivity index (χ4n) is 4.29. The van der Waals surface area contributed by atoms with Crippen LogP contribution in [-0.2, 0) is 29.6 Å². The summed E-state index contributed by atoms with van der Waals surface area (Å²) >= 11 is 1.55. The zero-order chi connectivity index (χ0) is 25.0. The molecule has 212 valence electrons. The maximum atomic E-state index is 12.0. The Kier molecular flexibility index (Phi) is 20.1. The molecule has 1 aromatic rings. The molecule has 1 aliphatic heterocycles. The molecule has 0 bridgehead atoms. The van der Waals surface area contributed by atoms with Crippen molar-refractivity contribution in [2.75, 3.05) is 19.8 Å². The van der Waals surface area contributed by atoms with Crippen molar-refractivity contribution in [3.05, 3.63) is 17.1 Å². The van der Waals surface area contributed by atoms with Crippen molar-refractivity contribution in [3.63, 3.8) is 0 Å². The first-order valence-electron chi connectivity index (χ1n) is 13.9. The second-order valence-electron chi connectivity index (χ2n) is 9.62. The third-order valence-electron chi connectivity index (χ3n) is 6.41. The van der Waals surface area contributed by atoms with Crippen LogP contribution in [0.4, 0.5) is 0 Å². The van der Waals surface area contributed by atoms with Crippen LogP contribution < -0.4 is 4.57 Å². The highest BCUT2D eigenvalue weighted by atomic mass is 32.1. The van der Waals surface area contributed by atoms with E-state index in [4.69, 9.17) is 18.5 Å². The number of rotatable bonds is 23. The van der Waals surface area contributed by atoms with Crippen LogP contribution in [0.3, 0.4) is 0 Å². The van der Waals surface area contributed by atoms with Gasteiger partial charge in [0.2, 0.25) is 5.51 Å². The number of nitrogens with zero attached hydrogens (tertiary/aromatic N) is 1. The molecule has 2 N–H and O–H groups in total. The molecule has 2 heterocycles. The van der Waals surface area contributed by atoms with Crippen molar-refractivity contribution in [2.24, 2.45) is 0 Å². The Balaban J connectivity index is 0.00000648. The van der Waals surface area contributed by atoms with Gasteiger partial charge in [-0.3, -0.25) is 9.05 Å². The minimum Gasteiger partial charge on any atom is -0.870 e. The van der Waals surface area contributed by atoms with Crippen LogP contribution in [0, 0.1) is 0 Å². The van der Waals surface area contributed by atoms with E-state index in [2.05, 4.69) is 6.92 Å². The number of hydrogen-bond donors (Lipinski definition) is 1. The second-order valence-corrected chi connectivity index (χ2v) is 11.8. The molecule has 36 heavy (non-hydrogen) atoms. The average Bonchev–Trinajstić information content (AvgIpc) is 3.52. The predicted molar refractivity (Wildman–Crippen MR) is 142 cm³/mol. The van der Waals surface area contributed by atoms with E-state index >= 15 is 0 Å². The van der Waals surface area contributed by atoms with Gasteiger partial charge in [-0.05, 0) is 12.8 Å². The molecule has 3 atom stereocenters. The number of ether oxygens (including phenoxy) is 2. The first-order chi connectivity index (χ1) is 17.1. The van der Waals surface area contributed by atoms with Crippen molar-refractivity contribution in [3.8, 4) is 0 Å². The van der Waals surface area contributed by atoms with Gasteiger partial charge in [0.1, 0.15) is 12.7 Å². The average molecular weight is 552 g/mol. The molecule has 1 fully saturated rings. The Morgan fingerprint density at radius 3 is 2.08 bits per heavy atom. The molecule has 0 amide bonds. The zero-order valence-corrected chi connectivity index (χ0v) is 24.0. The second kappa shape index (κ2) is 21.5. The maximum absolute atomic E-state index is 12.0. The van der Waals surface area contributed by atoms with Gasteiger partial charge in [0, 0.05) is 0 Å². The maximum Gasteiger partial charge on any atom is 0.472 e. The molecule has 0 radical (unpaired) electrons. The summed E-state index contributed by atoms with van der Waals surface area (Å²) < 4.78 is 35.5. The SMILES string of the molecule is CCCCCCCCCCCCCCCCCC1OCC(COP(=O)(O)OCC[n+]2ccsc2)O1.[OH-]. The zero-order valence-electron chi connectivity index (χ0n) is 22.3. The highest BCUT2D eigenvalue weighted by molar-refractivity contribution is 7.47. The van der Waals surface area contributed by atoms with Gasteiger partial charge in [-0.25, -0.2) is 4.57 Å². The number of phosphoric acid groups is 1. The standard InChI is InChI=1S/C26H48NO6PS.H2O/c1-2-3-4-5-6-7-8-9-10-11-12-13-14-15-16-17-26-30-22-25(33-26)23-32-34(28,29)31-20-18-27-19-21-35-24-27;/h19,21,24-26H,2-18,20,22-23H2,1H3;1H2. The highest BCUT2D eigenvalue weighted by Crippen LogP contribution is 2.43. The summed E-state index contributed by atoms with van der Waals surface area (Å²) in [5.41, 5.74) is 1.91. The first-order valence-corrected chi connectivity index (χ1v) is 16.3. The van der Waals surface area contributed by atoms with Crippen LogP contribution in [0.5, 0.6) is 0 Å². The van der Waals surface area contributed by atoms with E-state index in [1.165, 1.54) is 89.9 Å². The summed E-state index contributed by atoms with van der Waals surface area (Å²) in [5, 5.41) is 1.93. The number of phosphoric ester groups is 1. The number of hydrogen-bond acceptors (Lipinski definition) is 7. The van der Waals surface area contributed by atoms with Crippen LogP contribution in [0.15, 0.2) is 17.1 Å². The van der Waals surface area contributed by atoms with Crippen molar-refractivity contribution in [2.45, 2.75) is 129 Å². The quantitative estimate of drug-likeness (QED) is 0.0886. The molecule has 0 aliphatic carbocycles. The topological polar surface area (TPSA) is 108 Å². The number of unbranched alkanes of at least 4 members (excludes halogenated alkanes) is 14. The first kappa shape index (κ1) is 33.6. The summed E-state index contributed by atoms with van der Waals surface area (Å²) in [6.07, 6.45) is 22.4. The molecule has 3 unspecified atom stereocenters. The van der Waals surface area contributed by atoms with Gasteiger partial charge in [0.15, 0.2) is 19.0 Å². The predicted octanol–water partition coefficient (Wildman–Crippen LogP) is 7.00. The largest absolute Gasteiger partial charge is 0.870 e. The van der Waals surface area contributed by atoms with Crippen LogP contribution in [0.25, 0.3) is 0 Å². The van der Waals surface area contributed by atoms with Gasteiger partial charge in [-0.2, -0.15) is 4.57 Å². The van der Waals surface area contributed by atoms with Crippen LogP contribution in [0.1, 0.15) is 110 Å². The van der Waals surface area contributed by atoms with E-state index in [9.17, 15) is 9.46 Å². The lowest BCUT2D eigenvalue weighted by Gasteiger charge is -2.14. The van der Waals surface area contributed by atoms with E-state index < -0.39 is 7.82 Å². The van der Waals surface area contributed by atoms with Crippen molar-refractivity contribution in [1.29, 1.82) is 0 Å². The Morgan fingerprint density at radius 2 is 1.53 bits per heavy atom. The molecule has 1 saturated heterocycles. The van der Waals surface area contributed by atoms with E-state index in [-0.39, 0.29) is 31.1 Å². The van der Waals surface area contributed by atoms with E-state index in [0.29, 0.717) is 13.2 Å². The molecule has 10 heteroatoms. The third kappa shape index (κ3) is 17.2. The monoisotopic (exact) mass is 551 g/mol. The highest BCUT2D eigenvalue weighted by Gasteiger charge is 2.30. The summed E-state index contributed by atoms with van der Waals surface area (Å²) in [6.45, 7) is 3.26. The normalized spacial score (nSPS) is 19.3. The molecule has 0 saturated carbocycles. The van der Waals surface area contributed by atoms with Gasteiger partial charge in [-0.1, -0.05) is 108 Å². The molecule has 0 aromatic carbocycles. The summed E-state index contributed by atoms with van der Waals surface area (Å²) in [7, 11) is -4.08.